The van der Waals surface area contributed by atoms with Crippen molar-refractivity contribution in [2.24, 2.45) is 0 Å². The lowest BCUT2D eigenvalue weighted by Crippen LogP contribution is -2.52. The summed E-state index contributed by atoms with van der Waals surface area (Å²) in [6.45, 7) is 0.776. The lowest BCUT2D eigenvalue weighted by Gasteiger charge is -2.40. The van der Waals surface area contributed by atoms with Gasteiger partial charge in [-0.25, -0.2) is 0 Å². The van der Waals surface area contributed by atoms with Crippen LogP contribution in [0.15, 0.2) is 48.5 Å². The molecule has 3 heterocycles. The second-order valence-electron chi connectivity index (χ2n) is 9.91. The maximum absolute atomic E-state index is 13.4. The van der Waals surface area contributed by atoms with Gasteiger partial charge in [-0.3, -0.25) is 19.3 Å². The molecule has 0 saturated carbocycles. The number of ether oxygens (including phenoxy) is 1. The quantitative estimate of drug-likeness (QED) is 0.388. The number of piperidine rings is 1. The number of halogens is 4. The lowest BCUT2D eigenvalue weighted by molar-refractivity contribution is -0.146. The highest BCUT2D eigenvalue weighted by Gasteiger charge is 2.39. The van der Waals surface area contributed by atoms with Gasteiger partial charge in [-0.1, -0.05) is 30.3 Å². The van der Waals surface area contributed by atoms with E-state index in [4.69, 9.17) is 4.74 Å². The Balaban J connectivity index is 0.00000405. The SMILES string of the molecule is COc1ccc(-n2nnnc2C(F)(F)F)cc1CN[C@H]1CCN(C(=O)CN2C(=O)CCC2=O)C[C@H]1c1ccccc1.Cl. The van der Waals surface area contributed by atoms with Gasteiger partial charge in [-0.05, 0) is 40.6 Å². The number of nitrogens with zero attached hydrogens (tertiary/aromatic N) is 6. The lowest BCUT2D eigenvalue weighted by atomic mass is 9.85. The van der Waals surface area contributed by atoms with E-state index in [0.717, 1.165) is 10.5 Å². The van der Waals surface area contributed by atoms with Crippen LogP contribution in [0, 0.1) is 0 Å². The third-order valence-corrected chi connectivity index (χ3v) is 7.43. The summed E-state index contributed by atoms with van der Waals surface area (Å²) in [5.41, 5.74) is 1.73. The zero-order chi connectivity index (χ0) is 29.1. The minimum absolute atomic E-state index is 0. The molecule has 2 fully saturated rings. The number of likely N-dealkylation sites (tertiary alicyclic amines) is 2. The van der Waals surface area contributed by atoms with Crippen molar-refractivity contribution in [3.05, 3.63) is 65.5 Å². The highest BCUT2D eigenvalue weighted by molar-refractivity contribution is 6.04. The van der Waals surface area contributed by atoms with Gasteiger partial charge in [-0.15, -0.1) is 17.5 Å². The minimum Gasteiger partial charge on any atom is -0.496 e. The number of benzene rings is 2. The number of imide groups is 1. The molecule has 0 aliphatic carbocycles. The average Bonchev–Trinajstić information content (AvgIpc) is 3.59. The second-order valence-corrected chi connectivity index (χ2v) is 9.91. The fraction of sp³-hybridized carbons (Fsp3) is 0.407. The number of alkyl halides is 3. The highest BCUT2D eigenvalue weighted by atomic mass is 35.5. The smallest absolute Gasteiger partial charge is 0.453 e. The van der Waals surface area contributed by atoms with Gasteiger partial charge in [0.1, 0.15) is 12.3 Å². The molecule has 3 aromatic rings. The zero-order valence-electron chi connectivity index (χ0n) is 22.6. The van der Waals surface area contributed by atoms with Crippen LogP contribution in [0.4, 0.5) is 13.2 Å². The van der Waals surface area contributed by atoms with E-state index in [1.165, 1.54) is 19.2 Å². The summed E-state index contributed by atoms with van der Waals surface area (Å²) < 4.78 is 46.2. The first-order chi connectivity index (χ1) is 19.7. The van der Waals surface area contributed by atoms with Gasteiger partial charge >= 0.3 is 6.18 Å². The highest BCUT2D eigenvalue weighted by Crippen LogP contribution is 2.31. The molecule has 3 amide bonds. The van der Waals surface area contributed by atoms with Crippen LogP contribution in [0.2, 0.25) is 0 Å². The molecule has 42 heavy (non-hydrogen) atoms. The van der Waals surface area contributed by atoms with Crippen molar-refractivity contribution in [2.75, 3.05) is 26.7 Å². The number of hydrogen-bond acceptors (Lipinski definition) is 8. The maximum atomic E-state index is 13.4. The van der Waals surface area contributed by atoms with Crippen molar-refractivity contribution in [1.82, 2.24) is 35.3 Å². The Morgan fingerprint density at radius 2 is 1.81 bits per heavy atom. The normalized spacial score (nSPS) is 19.1. The van der Waals surface area contributed by atoms with Crippen LogP contribution in [-0.2, 0) is 27.1 Å². The molecule has 2 aliphatic rings. The van der Waals surface area contributed by atoms with Gasteiger partial charge in [0.05, 0.1) is 12.8 Å². The summed E-state index contributed by atoms with van der Waals surface area (Å²) in [6, 6.07) is 14.1. The van der Waals surface area contributed by atoms with Gasteiger partial charge in [0.25, 0.3) is 5.82 Å². The largest absolute Gasteiger partial charge is 0.496 e. The Labute approximate surface area is 245 Å². The number of tetrazole rings is 1. The van der Waals surface area contributed by atoms with Crippen molar-refractivity contribution in [1.29, 1.82) is 0 Å². The van der Waals surface area contributed by atoms with Gasteiger partial charge in [0, 0.05) is 50.0 Å². The Morgan fingerprint density at radius 3 is 2.48 bits per heavy atom. The summed E-state index contributed by atoms with van der Waals surface area (Å²) >= 11 is 0. The van der Waals surface area contributed by atoms with Crippen LogP contribution in [-0.4, -0.2) is 80.5 Å². The third-order valence-electron chi connectivity index (χ3n) is 7.43. The van der Waals surface area contributed by atoms with E-state index in [1.807, 2.05) is 30.3 Å². The van der Waals surface area contributed by atoms with E-state index in [1.54, 1.807) is 11.0 Å². The molecule has 0 unspecified atom stereocenters. The Morgan fingerprint density at radius 1 is 1.10 bits per heavy atom. The van der Waals surface area contributed by atoms with Crippen molar-refractivity contribution < 1.29 is 32.3 Å². The van der Waals surface area contributed by atoms with E-state index in [0.29, 0.717) is 35.5 Å². The van der Waals surface area contributed by atoms with Crippen LogP contribution >= 0.6 is 12.4 Å². The Hall–Kier alpha value is -4.04. The third kappa shape index (κ3) is 6.54. The standard InChI is InChI=1S/C27H28F3N7O4.ClH/c1-41-22-8-7-19(37-26(27(28,29)30)32-33-34-37)13-18(22)14-31-21-11-12-35(15-20(21)17-5-3-2-4-6-17)25(40)16-36-23(38)9-10-24(36)39;/h2-8,13,20-21,31H,9-12,14-16H2,1H3;1H/t20-,21-;/m0./s1. The number of hydrogen-bond donors (Lipinski definition) is 1. The summed E-state index contributed by atoms with van der Waals surface area (Å²) in [6.07, 6.45) is -3.91. The van der Waals surface area contributed by atoms with Gasteiger partial charge in [0.15, 0.2) is 0 Å². The monoisotopic (exact) mass is 607 g/mol. The number of methoxy groups -OCH3 is 1. The number of carbonyl (C=O) groups is 3. The predicted octanol–water partition coefficient (Wildman–Crippen LogP) is 2.73. The average molecular weight is 608 g/mol. The maximum Gasteiger partial charge on any atom is 0.453 e. The van der Waals surface area contributed by atoms with Crippen LogP contribution in [0.3, 0.4) is 0 Å². The molecular weight excluding hydrogens is 579 g/mol. The van der Waals surface area contributed by atoms with Crippen molar-refractivity contribution in [3.8, 4) is 11.4 Å². The minimum atomic E-state index is -4.73. The van der Waals surface area contributed by atoms with Crippen molar-refractivity contribution in [2.45, 2.75) is 43.9 Å². The van der Waals surface area contributed by atoms with E-state index >= 15 is 0 Å². The molecule has 224 valence electrons. The molecule has 2 saturated heterocycles. The molecule has 2 aromatic carbocycles. The summed E-state index contributed by atoms with van der Waals surface area (Å²) in [5, 5.41) is 13.3. The van der Waals surface area contributed by atoms with Gasteiger partial charge < -0.3 is 15.0 Å². The molecule has 1 N–H and O–H groups in total. The fourth-order valence-electron chi connectivity index (χ4n) is 5.31. The van der Waals surface area contributed by atoms with Gasteiger partial charge in [-0.2, -0.15) is 17.9 Å². The van der Waals surface area contributed by atoms with E-state index < -0.39 is 12.0 Å². The van der Waals surface area contributed by atoms with Gasteiger partial charge in [0.2, 0.25) is 17.7 Å². The van der Waals surface area contributed by atoms with Crippen molar-refractivity contribution >= 4 is 30.1 Å². The first-order valence-corrected chi connectivity index (χ1v) is 13.1. The molecule has 0 bridgehead atoms. The number of aromatic nitrogens is 4. The number of nitrogens with one attached hydrogen (secondary N) is 1. The van der Waals surface area contributed by atoms with Crippen LogP contribution < -0.4 is 10.1 Å². The molecule has 15 heteroatoms. The molecule has 1 aromatic heterocycles. The van der Waals surface area contributed by atoms with Crippen LogP contribution in [0.5, 0.6) is 5.75 Å². The molecule has 2 atom stereocenters. The number of rotatable bonds is 8. The second kappa shape index (κ2) is 12.9. The zero-order valence-corrected chi connectivity index (χ0v) is 23.4. The first kappa shape index (κ1) is 30.9. The Bertz CT molecular complexity index is 1420. The first-order valence-electron chi connectivity index (χ1n) is 13.1. The van der Waals surface area contributed by atoms with Crippen LogP contribution in [0.1, 0.15) is 42.1 Å². The summed E-state index contributed by atoms with van der Waals surface area (Å²) in [4.78, 5) is 39.8. The predicted molar refractivity (Wildman–Crippen MR) is 145 cm³/mol. The van der Waals surface area contributed by atoms with E-state index in [9.17, 15) is 27.6 Å². The molecule has 0 spiro atoms. The molecular formula is C27H29ClF3N7O4. The summed E-state index contributed by atoms with van der Waals surface area (Å²) in [7, 11) is 1.48. The Kier molecular flexibility index (Phi) is 9.46. The molecule has 5 rings (SSSR count). The summed E-state index contributed by atoms with van der Waals surface area (Å²) in [5.74, 6) is -1.83. The fourth-order valence-corrected chi connectivity index (χ4v) is 5.31. The van der Waals surface area contributed by atoms with E-state index in [2.05, 4.69) is 20.8 Å². The van der Waals surface area contributed by atoms with E-state index in [-0.39, 0.29) is 73.7 Å². The van der Waals surface area contributed by atoms with Crippen molar-refractivity contribution in [3.63, 3.8) is 0 Å². The van der Waals surface area contributed by atoms with Crippen LogP contribution in [0.25, 0.3) is 5.69 Å². The number of carbonyl (C=O) groups excluding carboxylic acids is 3. The molecule has 2 aliphatic heterocycles. The molecule has 11 nitrogen and oxygen atoms in total. The topological polar surface area (TPSA) is 123 Å². The number of amides is 3. The molecule has 0 radical (unpaired) electrons.